The molecule has 0 aliphatic carbocycles. The van der Waals surface area contributed by atoms with Crippen LogP contribution in [0.25, 0.3) is 0 Å². The van der Waals surface area contributed by atoms with Crippen molar-refractivity contribution in [3.05, 3.63) is 71.0 Å². The van der Waals surface area contributed by atoms with Crippen LogP contribution in [-0.4, -0.2) is 55.5 Å². The van der Waals surface area contributed by atoms with Crippen LogP contribution in [0.2, 0.25) is 0 Å². The lowest BCUT2D eigenvalue weighted by Crippen LogP contribution is -2.48. The van der Waals surface area contributed by atoms with Gasteiger partial charge in [0.25, 0.3) is 0 Å². The summed E-state index contributed by atoms with van der Waals surface area (Å²) in [4.78, 5) is 17.2. The van der Waals surface area contributed by atoms with Crippen LogP contribution in [0.1, 0.15) is 29.2 Å². The molecule has 0 aromatic heterocycles. The first-order chi connectivity index (χ1) is 13.5. The third-order valence-electron chi connectivity index (χ3n) is 5.49. The van der Waals surface area contributed by atoms with Crippen LogP contribution in [0.15, 0.2) is 48.5 Å². The number of amides is 1. The average molecular weight is 384 g/mol. The summed E-state index contributed by atoms with van der Waals surface area (Å²) in [6.45, 7) is 6.78. The molecule has 1 unspecified atom stereocenters. The number of hydrogen-bond acceptors (Lipinski definition) is 3. The number of rotatable bonds is 7. The molecule has 0 spiro atoms. The Morgan fingerprint density at radius 1 is 1.04 bits per heavy atom. The van der Waals surface area contributed by atoms with Gasteiger partial charge in [0.05, 0.1) is 6.04 Å². The molecule has 0 bridgehead atoms. The lowest BCUT2D eigenvalue weighted by atomic mass is 10.0. The lowest BCUT2D eigenvalue weighted by molar-refractivity contribution is -0.121. The average Bonchev–Trinajstić information content (AvgIpc) is 2.70. The fraction of sp³-hybridized carbons (Fsp3) is 0.435. The molecule has 1 aliphatic rings. The van der Waals surface area contributed by atoms with E-state index in [1.54, 1.807) is 12.1 Å². The molecule has 4 nitrogen and oxygen atoms in total. The van der Waals surface area contributed by atoms with Gasteiger partial charge < -0.3 is 10.2 Å². The van der Waals surface area contributed by atoms with E-state index in [1.807, 2.05) is 0 Å². The maximum Gasteiger partial charge on any atom is 0.220 e. The molecule has 0 radical (unpaired) electrons. The first kappa shape index (κ1) is 20.5. The molecule has 1 N–H and O–H groups in total. The number of carbonyl (C=O) groups is 1. The number of nitrogens with zero attached hydrogens (tertiary/aromatic N) is 2. The van der Waals surface area contributed by atoms with Gasteiger partial charge in [0.1, 0.15) is 5.82 Å². The SMILES string of the molecule is Cc1ccc(C(CNC(=O)CCc2ccc(F)cc2)N2CCN(C)CC2)cc1. The Balaban J connectivity index is 1.58. The normalized spacial score (nSPS) is 16.7. The highest BCUT2D eigenvalue weighted by Gasteiger charge is 2.24. The minimum atomic E-state index is -0.249. The number of aryl methyl sites for hydroxylation is 2. The van der Waals surface area contributed by atoms with Gasteiger partial charge in [0.2, 0.25) is 5.91 Å². The molecule has 1 amide bonds. The lowest BCUT2D eigenvalue weighted by Gasteiger charge is -2.38. The monoisotopic (exact) mass is 383 g/mol. The van der Waals surface area contributed by atoms with E-state index in [1.165, 1.54) is 23.3 Å². The second kappa shape index (κ2) is 9.80. The van der Waals surface area contributed by atoms with E-state index >= 15 is 0 Å². The van der Waals surface area contributed by atoms with Crippen molar-refractivity contribution in [2.24, 2.45) is 0 Å². The fourth-order valence-corrected chi connectivity index (χ4v) is 3.59. The highest BCUT2D eigenvalue weighted by Crippen LogP contribution is 2.22. The van der Waals surface area contributed by atoms with Crippen LogP contribution in [0, 0.1) is 12.7 Å². The van der Waals surface area contributed by atoms with Crippen molar-refractivity contribution in [1.82, 2.24) is 15.1 Å². The first-order valence-electron chi connectivity index (χ1n) is 10.0. The van der Waals surface area contributed by atoms with Gasteiger partial charge in [-0.05, 0) is 43.7 Å². The molecule has 2 aromatic carbocycles. The summed E-state index contributed by atoms with van der Waals surface area (Å²) in [7, 11) is 2.15. The van der Waals surface area contributed by atoms with E-state index in [9.17, 15) is 9.18 Å². The number of nitrogens with one attached hydrogen (secondary N) is 1. The molecular weight excluding hydrogens is 353 g/mol. The largest absolute Gasteiger partial charge is 0.354 e. The molecule has 0 saturated carbocycles. The van der Waals surface area contributed by atoms with Gasteiger partial charge in [-0.2, -0.15) is 0 Å². The molecule has 1 heterocycles. The van der Waals surface area contributed by atoms with E-state index in [2.05, 4.69) is 53.4 Å². The summed E-state index contributed by atoms with van der Waals surface area (Å²) < 4.78 is 13.0. The quantitative estimate of drug-likeness (QED) is 0.798. The Labute approximate surface area is 167 Å². The van der Waals surface area contributed by atoms with Crippen molar-refractivity contribution in [3.63, 3.8) is 0 Å². The van der Waals surface area contributed by atoms with Crippen molar-refractivity contribution in [2.45, 2.75) is 25.8 Å². The molecule has 1 atom stereocenters. The van der Waals surface area contributed by atoms with E-state index < -0.39 is 0 Å². The predicted molar refractivity (Wildman–Crippen MR) is 111 cm³/mol. The number of likely N-dealkylation sites (N-methyl/N-ethyl adjacent to an activating group) is 1. The summed E-state index contributed by atoms with van der Waals surface area (Å²) >= 11 is 0. The highest BCUT2D eigenvalue weighted by molar-refractivity contribution is 5.76. The maximum absolute atomic E-state index is 13.0. The summed E-state index contributed by atoms with van der Waals surface area (Å²) in [5.41, 5.74) is 3.46. The molecule has 1 fully saturated rings. The van der Waals surface area contributed by atoms with Crippen molar-refractivity contribution in [2.75, 3.05) is 39.8 Å². The number of hydrogen-bond donors (Lipinski definition) is 1. The van der Waals surface area contributed by atoms with E-state index in [-0.39, 0.29) is 17.8 Å². The zero-order chi connectivity index (χ0) is 19.9. The van der Waals surface area contributed by atoms with Gasteiger partial charge in [-0.25, -0.2) is 4.39 Å². The third kappa shape index (κ3) is 5.88. The van der Waals surface area contributed by atoms with Crippen LogP contribution in [0.5, 0.6) is 0 Å². The van der Waals surface area contributed by atoms with Gasteiger partial charge in [-0.15, -0.1) is 0 Å². The van der Waals surface area contributed by atoms with Crippen molar-refractivity contribution >= 4 is 5.91 Å². The zero-order valence-corrected chi connectivity index (χ0v) is 16.8. The van der Waals surface area contributed by atoms with Gasteiger partial charge in [0.15, 0.2) is 0 Å². The molecule has 2 aromatic rings. The molecule has 1 saturated heterocycles. The van der Waals surface area contributed by atoms with Crippen molar-refractivity contribution < 1.29 is 9.18 Å². The predicted octanol–water partition coefficient (Wildman–Crippen LogP) is 3.17. The Hall–Kier alpha value is -2.24. The number of piperazine rings is 1. The Morgan fingerprint density at radius 3 is 2.32 bits per heavy atom. The van der Waals surface area contributed by atoms with Crippen LogP contribution < -0.4 is 5.32 Å². The Morgan fingerprint density at radius 2 is 1.68 bits per heavy atom. The molecule has 1 aliphatic heterocycles. The number of halogens is 1. The summed E-state index contributed by atoms with van der Waals surface area (Å²) in [6.07, 6.45) is 1.03. The summed E-state index contributed by atoms with van der Waals surface area (Å²) in [6, 6.07) is 15.1. The van der Waals surface area contributed by atoms with Crippen LogP contribution in [-0.2, 0) is 11.2 Å². The van der Waals surface area contributed by atoms with Crippen LogP contribution in [0.3, 0.4) is 0 Å². The second-order valence-electron chi connectivity index (χ2n) is 7.70. The highest BCUT2D eigenvalue weighted by atomic mass is 19.1. The zero-order valence-electron chi connectivity index (χ0n) is 16.8. The van der Waals surface area contributed by atoms with Gasteiger partial charge >= 0.3 is 0 Å². The molecule has 28 heavy (non-hydrogen) atoms. The van der Waals surface area contributed by atoms with E-state index in [0.717, 1.165) is 31.7 Å². The summed E-state index contributed by atoms with van der Waals surface area (Å²) in [5.74, 6) is -0.211. The van der Waals surface area contributed by atoms with E-state index in [0.29, 0.717) is 19.4 Å². The van der Waals surface area contributed by atoms with Gasteiger partial charge in [-0.3, -0.25) is 9.69 Å². The Kier molecular flexibility index (Phi) is 7.18. The van der Waals surface area contributed by atoms with Crippen LogP contribution in [0.4, 0.5) is 4.39 Å². The summed E-state index contributed by atoms with van der Waals surface area (Å²) in [5, 5.41) is 3.12. The topological polar surface area (TPSA) is 35.6 Å². The Bertz CT molecular complexity index is 752. The standard InChI is InChI=1S/C23H30FN3O/c1-18-3-8-20(9-4-18)22(27-15-13-26(2)14-16-27)17-25-23(28)12-7-19-5-10-21(24)11-6-19/h3-6,8-11,22H,7,12-17H2,1-2H3,(H,25,28). The molecular formula is C23H30FN3O. The molecule has 150 valence electrons. The molecule has 5 heteroatoms. The van der Waals surface area contributed by atoms with E-state index in [4.69, 9.17) is 0 Å². The van der Waals surface area contributed by atoms with Crippen molar-refractivity contribution in [3.8, 4) is 0 Å². The minimum Gasteiger partial charge on any atom is -0.354 e. The number of benzene rings is 2. The van der Waals surface area contributed by atoms with Crippen molar-refractivity contribution in [1.29, 1.82) is 0 Å². The fourth-order valence-electron chi connectivity index (χ4n) is 3.59. The minimum absolute atomic E-state index is 0.0376. The molecule has 3 rings (SSSR count). The maximum atomic E-state index is 13.0. The second-order valence-corrected chi connectivity index (χ2v) is 7.70. The van der Waals surface area contributed by atoms with Gasteiger partial charge in [0, 0.05) is 39.1 Å². The first-order valence-corrected chi connectivity index (χ1v) is 10.0. The van der Waals surface area contributed by atoms with Gasteiger partial charge in [-0.1, -0.05) is 42.0 Å². The smallest absolute Gasteiger partial charge is 0.220 e. The third-order valence-corrected chi connectivity index (χ3v) is 5.49. The van der Waals surface area contributed by atoms with Crippen LogP contribution >= 0.6 is 0 Å². The number of carbonyl (C=O) groups excluding carboxylic acids is 1.